The van der Waals surface area contributed by atoms with E-state index in [-0.39, 0.29) is 0 Å². The van der Waals surface area contributed by atoms with Crippen LogP contribution in [0, 0.1) is 0 Å². The van der Waals surface area contributed by atoms with Crippen LogP contribution in [0.15, 0.2) is 34.8 Å². The van der Waals surface area contributed by atoms with Gasteiger partial charge in [-0.2, -0.15) is 0 Å². The third-order valence-electron chi connectivity index (χ3n) is 2.07. The summed E-state index contributed by atoms with van der Waals surface area (Å²) < 4.78 is 1.13. The monoisotopic (exact) mass is 257 g/mol. The highest BCUT2D eigenvalue weighted by molar-refractivity contribution is 9.10. The van der Waals surface area contributed by atoms with E-state index in [0.717, 1.165) is 4.47 Å². The number of benzene rings is 1. The molecule has 0 aliphatic carbocycles. The van der Waals surface area contributed by atoms with E-state index in [1.807, 2.05) is 30.3 Å². The van der Waals surface area contributed by atoms with Crippen LogP contribution in [0.5, 0.6) is 0 Å². The van der Waals surface area contributed by atoms with Crippen LogP contribution < -0.4 is 0 Å². The van der Waals surface area contributed by atoms with Gasteiger partial charge < -0.3 is 4.90 Å². The van der Waals surface area contributed by atoms with Crippen molar-refractivity contribution >= 4 is 15.9 Å². The van der Waals surface area contributed by atoms with E-state index in [1.54, 1.807) is 0 Å². The summed E-state index contributed by atoms with van der Waals surface area (Å²) in [5.74, 6) is 0. The molecule has 2 heteroatoms. The molecule has 1 rings (SSSR count). The van der Waals surface area contributed by atoms with Gasteiger partial charge in [0.2, 0.25) is 0 Å². The molecule has 1 nitrogen and oxygen atoms in total. The van der Waals surface area contributed by atoms with Gasteiger partial charge in [0.1, 0.15) is 0 Å². The van der Waals surface area contributed by atoms with Crippen LogP contribution in [0.2, 0.25) is 0 Å². The lowest BCUT2D eigenvalue weighted by Gasteiger charge is -2.13. The second-order valence-electron chi connectivity index (χ2n) is 2.92. The Kier molecular flexibility index (Phi) is 9.00. The van der Waals surface area contributed by atoms with Crippen molar-refractivity contribution in [3.63, 3.8) is 0 Å². The Morgan fingerprint density at radius 2 is 1.36 bits per heavy atom. The van der Waals surface area contributed by atoms with Crippen molar-refractivity contribution in [2.24, 2.45) is 0 Å². The predicted molar refractivity (Wildman–Crippen MR) is 67.6 cm³/mol. The lowest BCUT2D eigenvalue weighted by Crippen LogP contribution is -2.21. The van der Waals surface area contributed by atoms with Gasteiger partial charge in [-0.1, -0.05) is 54.9 Å². The van der Waals surface area contributed by atoms with Gasteiger partial charge in [0.05, 0.1) is 0 Å². The third-order valence-corrected chi connectivity index (χ3v) is 2.60. The molecule has 0 aromatic heterocycles. The van der Waals surface area contributed by atoms with Crippen molar-refractivity contribution in [1.82, 2.24) is 4.90 Å². The van der Waals surface area contributed by atoms with Gasteiger partial charge in [0.15, 0.2) is 0 Å². The van der Waals surface area contributed by atoms with E-state index < -0.39 is 0 Å². The Morgan fingerprint density at radius 3 is 1.50 bits per heavy atom. The molecule has 0 heterocycles. The molecular formula is C12H20BrN. The predicted octanol–water partition coefficient (Wildman–Crippen LogP) is 3.80. The van der Waals surface area contributed by atoms with Crippen molar-refractivity contribution in [1.29, 1.82) is 0 Å². The molecule has 0 aliphatic heterocycles. The first-order valence-corrected chi connectivity index (χ1v) is 5.96. The fourth-order valence-corrected chi connectivity index (χ4v) is 1.39. The van der Waals surface area contributed by atoms with E-state index in [2.05, 4.69) is 41.6 Å². The molecule has 0 unspecified atom stereocenters. The molecule has 0 fully saturated rings. The summed E-state index contributed by atoms with van der Waals surface area (Å²) in [7, 11) is 0. The average Bonchev–Trinajstić information content (AvgIpc) is 2.22. The smallest absolute Gasteiger partial charge is 0.0175 e. The lowest BCUT2D eigenvalue weighted by atomic mass is 10.4. The van der Waals surface area contributed by atoms with Gasteiger partial charge in [-0.25, -0.2) is 0 Å². The Balaban J connectivity index is 0.000000241. The van der Waals surface area contributed by atoms with Crippen LogP contribution in [-0.4, -0.2) is 24.5 Å². The normalized spacial score (nSPS) is 9.50. The molecule has 0 atom stereocenters. The highest BCUT2D eigenvalue weighted by Crippen LogP contribution is 2.05. The zero-order valence-corrected chi connectivity index (χ0v) is 10.9. The quantitative estimate of drug-likeness (QED) is 0.797. The molecule has 1 aromatic rings. The van der Waals surface area contributed by atoms with Crippen molar-refractivity contribution in [3.8, 4) is 0 Å². The molecule has 0 saturated heterocycles. The number of halogens is 1. The Labute approximate surface area is 96.3 Å². The molecule has 0 bridgehead atoms. The number of hydrogen-bond acceptors (Lipinski definition) is 1. The molecule has 0 amide bonds. The minimum absolute atomic E-state index is 1.13. The molecule has 0 N–H and O–H groups in total. The Hall–Kier alpha value is -0.340. The number of rotatable bonds is 3. The van der Waals surface area contributed by atoms with Gasteiger partial charge in [0, 0.05) is 4.47 Å². The summed E-state index contributed by atoms with van der Waals surface area (Å²) in [4.78, 5) is 2.38. The van der Waals surface area contributed by atoms with Crippen molar-refractivity contribution in [2.45, 2.75) is 20.8 Å². The second-order valence-corrected chi connectivity index (χ2v) is 3.83. The zero-order valence-electron chi connectivity index (χ0n) is 9.33. The molecule has 14 heavy (non-hydrogen) atoms. The van der Waals surface area contributed by atoms with E-state index in [1.165, 1.54) is 19.6 Å². The van der Waals surface area contributed by atoms with Crippen LogP contribution >= 0.6 is 15.9 Å². The van der Waals surface area contributed by atoms with Crippen molar-refractivity contribution in [3.05, 3.63) is 34.8 Å². The van der Waals surface area contributed by atoms with Gasteiger partial charge >= 0.3 is 0 Å². The molecule has 0 spiro atoms. The molecule has 1 aromatic carbocycles. The van der Waals surface area contributed by atoms with Crippen LogP contribution in [0.25, 0.3) is 0 Å². The fourth-order valence-electron chi connectivity index (χ4n) is 1.09. The van der Waals surface area contributed by atoms with Crippen molar-refractivity contribution < 1.29 is 0 Å². The Morgan fingerprint density at radius 1 is 0.929 bits per heavy atom. The summed E-state index contributed by atoms with van der Waals surface area (Å²) in [5, 5.41) is 0. The van der Waals surface area contributed by atoms with Crippen LogP contribution in [-0.2, 0) is 0 Å². The summed E-state index contributed by atoms with van der Waals surface area (Å²) in [6, 6.07) is 9.97. The van der Waals surface area contributed by atoms with E-state index in [4.69, 9.17) is 0 Å². The van der Waals surface area contributed by atoms with E-state index in [0.29, 0.717) is 0 Å². The summed E-state index contributed by atoms with van der Waals surface area (Å²) >= 11 is 3.31. The third kappa shape index (κ3) is 7.10. The largest absolute Gasteiger partial charge is 0.304 e. The van der Waals surface area contributed by atoms with Crippen LogP contribution in [0.3, 0.4) is 0 Å². The number of hydrogen-bond donors (Lipinski definition) is 0. The van der Waals surface area contributed by atoms with Gasteiger partial charge in [0.25, 0.3) is 0 Å². The number of nitrogens with zero attached hydrogens (tertiary/aromatic N) is 1. The Bertz CT molecular complexity index is 201. The standard InChI is InChI=1S/C6H5Br.C6H15N/c7-6-4-2-1-3-5-6;1-4-7(5-2)6-3/h1-5H;4-6H2,1-3H3. The lowest BCUT2D eigenvalue weighted by molar-refractivity contribution is 0.321. The second kappa shape index (κ2) is 9.22. The summed E-state index contributed by atoms with van der Waals surface area (Å²) in [6.07, 6.45) is 0. The first-order chi connectivity index (χ1) is 6.74. The molecule has 0 saturated carbocycles. The van der Waals surface area contributed by atoms with Gasteiger partial charge in [-0.05, 0) is 31.8 Å². The maximum atomic E-state index is 3.31. The zero-order chi connectivity index (χ0) is 10.8. The first-order valence-electron chi connectivity index (χ1n) is 5.17. The maximum Gasteiger partial charge on any atom is 0.0175 e. The average molecular weight is 258 g/mol. The van der Waals surface area contributed by atoms with Crippen LogP contribution in [0.1, 0.15) is 20.8 Å². The van der Waals surface area contributed by atoms with E-state index in [9.17, 15) is 0 Å². The molecule has 0 radical (unpaired) electrons. The van der Waals surface area contributed by atoms with Crippen molar-refractivity contribution in [2.75, 3.05) is 19.6 Å². The van der Waals surface area contributed by atoms with Gasteiger partial charge in [-0.15, -0.1) is 0 Å². The SMILES string of the molecule is Brc1ccccc1.CCN(CC)CC. The van der Waals surface area contributed by atoms with Gasteiger partial charge in [-0.3, -0.25) is 0 Å². The van der Waals surface area contributed by atoms with Crippen LogP contribution in [0.4, 0.5) is 0 Å². The minimum Gasteiger partial charge on any atom is -0.304 e. The summed E-state index contributed by atoms with van der Waals surface area (Å²) in [6.45, 7) is 10.1. The molecule has 80 valence electrons. The fraction of sp³-hybridized carbons (Fsp3) is 0.500. The highest BCUT2D eigenvalue weighted by atomic mass is 79.9. The van der Waals surface area contributed by atoms with E-state index >= 15 is 0 Å². The molecular weight excluding hydrogens is 238 g/mol. The molecule has 0 aliphatic rings. The topological polar surface area (TPSA) is 3.24 Å². The summed E-state index contributed by atoms with van der Waals surface area (Å²) in [5.41, 5.74) is 0. The first kappa shape index (κ1) is 13.7. The highest BCUT2D eigenvalue weighted by Gasteiger charge is 1.89. The minimum atomic E-state index is 1.13. The maximum absolute atomic E-state index is 3.31.